The molecule has 1 atom stereocenters. The minimum Gasteiger partial charge on any atom is -0.459 e. The Morgan fingerprint density at radius 1 is 1.03 bits per heavy atom. The molecule has 1 amide bonds. The molecule has 3 rings (SSSR count). The zero-order valence-electron chi connectivity index (χ0n) is 16.9. The summed E-state index contributed by atoms with van der Waals surface area (Å²) in [6.45, 7) is 5.46. The van der Waals surface area contributed by atoms with Gasteiger partial charge in [0.15, 0.2) is 0 Å². The highest BCUT2D eigenvalue weighted by atomic mass is 16.6. The number of carbonyl (C=O) groups excluding carboxylic acids is 2. The highest BCUT2D eigenvalue weighted by Crippen LogP contribution is 2.20. The van der Waals surface area contributed by atoms with Crippen molar-refractivity contribution in [1.82, 2.24) is 10.3 Å². The molecular weight excluding hydrogens is 368 g/mol. The number of alkyl carbamates (subject to hydrolysis) is 1. The Hall–Kier alpha value is -3.28. The number of ether oxygens (including phenoxy) is 2. The first-order valence-corrected chi connectivity index (χ1v) is 9.57. The molecule has 3 aromatic rings. The Balaban J connectivity index is 1.75. The molecule has 0 saturated carbocycles. The van der Waals surface area contributed by atoms with Crippen molar-refractivity contribution in [2.24, 2.45) is 0 Å². The van der Waals surface area contributed by atoms with Gasteiger partial charge in [0, 0.05) is 23.5 Å². The molecule has 0 aliphatic carbocycles. The molecule has 1 heterocycles. The Bertz CT molecular complexity index is 973. The van der Waals surface area contributed by atoms with Gasteiger partial charge in [-0.1, -0.05) is 48.5 Å². The maximum absolute atomic E-state index is 12.8. The van der Waals surface area contributed by atoms with Gasteiger partial charge in [0.1, 0.15) is 18.2 Å². The van der Waals surface area contributed by atoms with Crippen molar-refractivity contribution in [1.29, 1.82) is 0 Å². The second kappa shape index (κ2) is 8.82. The number of esters is 1. The number of aromatic nitrogens is 1. The first-order valence-electron chi connectivity index (χ1n) is 9.57. The van der Waals surface area contributed by atoms with E-state index < -0.39 is 23.7 Å². The Kier molecular flexibility index (Phi) is 6.22. The fourth-order valence-corrected chi connectivity index (χ4v) is 2.99. The second-order valence-corrected chi connectivity index (χ2v) is 7.86. The number of hydrogen-bond donors (Lipinski definition) is 2. The van der Waals surface area contributed by atoms with Gasteiger partial charge >= 0.3 is 12.1 Å². The number of rotatable bonds is 6. The maximum atomic E-state index is 12.8. The average molecular weight is 394 g/mol. The first-order chi connectivity index (χ1) is 13.8. The highest BCUT2D eigenvalue weighted by Gasteiger charge is 2.26. The second-order valence-electron chi connectivity index (χ2n) is 7.86. The summed E-state index contributed by atoms with van der Waals surface area (Å²) in [5.41, 5.74) is 2.10. The van der Waals surface area contributed by atoms with Crippen LogP contribution < -0.4 is 5.32 Å². The number of H-pyrrole nitrogens is 1. The van der Waals surface area contributed by atoms with Crippen LogP contribution in [0.15, 0.2) is 60.8 Å². The fraction of sp³-hybridized carbons (Fsp3) is 0.304. The van der Waals surface area contributed by atoms with Gasteiger partial charge in [-0.3, -0.25) is 0 Å². The molecule has 0 fully saturated rings. The predicted molar refractivity (Wildman–Crippen MR) is 111 cm³/mol. The molecule has 2 aromatic carbocycles. The SMILES string of the molecule is CC(C)(C)OC(=O)NC(Cc1c[nH]c2ccccc12)C(=O)OCc1ccccc1. The third-order valence-corrected chi connectivity index (χ3v) is 4.30. The molecule has 0 saturated heterocycles. The normalized spacial score (nSPS) is 12.4. The third kappa shape index (κ3) is 5.85. The molecule has 6 nitrogen and oxygen atoms in total. The number of nitrogens with one attached hydrogen (secondary N) is 2. The van der Waals surface area contributed by atoms with Crippen molar-refractivity contribution in [3.8, 4) is 0 Å². The maximum Gasteiger partial charge on any atom is 0.408 e. The van der Waals surface area contributed by atoms with Crippen molar-refractivity contribution in [3.63, 3.8) is 0 Å². The van der Waals surface area contributed by atoms with Crippen molar-refractivity contribution in [2.45, 2.75) is 45.4 Å². The molecule has 29 heavy (non-hydrogen) atoms. The zero-order chi connectivity index (χ0) is 20.9. The lowest BCUT2D eigenvalue weighted by Gasteiger charge is -2.23. The van der Waals surface area contributed by atoms with Crippen LogP contribution in [0.3, 0.4) is 0 Å². The first kappa shape index (κ1) is 20.5. The van der Waals surface area contributed by atoms with Crippen molar-refractivity contribution in [3.05, 3.63) is 71.9 Å². The molecule has 0 aliphatic heterocycles. The van der Waals surface area contributed by atoms with Crippen LogP contribution in [0.4, 0.5) is 4.79 Å². The van der Waals surface area contributed by atoms with Gasteiger partial charge in [0.2, 0.25) is 0 Å². The van der Waals surface area contributed by atoms with E-state index in [-0.39, 0.29) is 13.0 Å². The molecule has 0 aliphatic rings. The molecular formula is C23H26N2O4. The molecule has 2 N–H and O–H groups in total. The number of benzene rings is 2. The number of carbonyl (C=O) groups is 2. The average Bonchev–Trinajstić information content (AvgIpc) is 3.08. The summed E-state index contributed by atoms with van der Waals surface area (Å²) in [6.07, 6.45) is 1.48. The summed E-state index contributed by atoms with van der Waals surface area (Å²) in [5, 5.41) is 3.66. The molecule has 1 unspecified atom stereocenters. The lowest BCUT2D eigenvalue weighted by atomic mass is 10.1. The van der Waals surface area contributed by atoms with Crippen LogP contribution in [0.5, 0.6) is 0 Å². The van der Waals surface area contributed by atoms with Gasteiger partial charge in [-0.2, -0.15) is 0 Å². The molecule has 1 aromatic heterocycles. The summed E-state index contributed by atoms with van der Waals surface area (Å²) in [6, 6.07) is 16.4. The monoisotopic (exact) mass is 394 g/mol. The zero-order valence-corrected chi connectivity index (χ0v) is 16.9. The van der Waals surface area contributed by atoms with Crippen LogP contribution in [0.2, 0.25) is 0 Å². The molecule has 0 radical (unpaired) electrons. The Labute approximate surface area is 170 Å². The highest BCUT2D eigenvalue weighted by molar-refractivity contribution is 5.86. The quantitative estimate of drug-likeness (QED) is 0.609. The Morgan fingerprint density at radius 2 is 1.72 bits per heavy atom. The van der Waals surface area contributed by atoms with Crippen molar-refractivity contribution >= 4 is 23.0 Å². The van der Waals surface area contributed by atoms with Gasteiger partial charge < -0.3 is 19.8 Å². The summed E-state index contributed by atoms with van der Waals surface area (Å²) in [7, 11) is 0. The topological polar surface area (TPSA) is 80.4 Å². The van der Waals surface area contributed by atoms with Crippen LogP contribution in [-0.4, -0.2) is 28.7 Å². The van der Waals surface area contributed by atoms with E-state index in [4.69, 9.17) is 9.47 Å². The van der Waals surface area contributed by atoms with E-state index in [9.17, 15) is 9.59 Å². The van der Waals surface area contributed by atoms with Crippen molar-refractivity contribution < 1.29 is 19.1 Å². The Morgan fingerprint density at radius 3 is 2.45 bits per heavy atom. The number of fused-ring (bicyclic) bond motifs is 1. The van der Waals surface area contributed by atoms with Crippen LogP contribution in [0, 0.1) is 0 Å². The van der Waals surface area contributed by atoms with Crippen LogP contribution >= 0.6 is 0 Å². The number of aromatic amines is 1. The van der Waals surface area contributed by atoms with E-state index in [1.165, 1.54) is 0 Å². The van der Waals surface area contributed by atoms with Gasteiger partial charge in [-0.25, -0.2) is 9.59 Å². The minimum atomic E-state index is -0.868. The molecule has 0 spiro atoms. The molecule has 6 heteroatoms. The summed E-state index contributed by atoms with van der Waals surface area (Å²) in [4.78, 5) is 28.3. The van der Waals surface area contributed by atoms with E-state index in [1.54, 1.807) is 20.8 Å². The smallest absolute Gasteiger partial charge is 0.408 e. The van der Waals surface area contributed by atoms with Gasteiger partial charge in [0.05, 0.1) is 0 Å². The molecule has 152 valence electrons. The van der Waals surface area contributed by atoms with E-state index in [1.807, 2.05) is 60.8 Å². The van der Waals surface area contributed by atoms with E-state index in [2.05, 4.69) is 10.3 Å². The number of amides is 1. The van der Waals surface area contributed by atoms with Crippen LogP contribution in [0.1, 0.15) is 31.9 Å². The molecule has 0 bridgehead atoms. The fourth-order valence-electron chi connectivity index (χ4n) is 2.99. The predicted octanol–water partition coefficient (Wildman–Crippen LogP) is 4.35. The summed E-state index contributed by atoms with van der Waals surface area (Å²) in [5.74, 6) is -0.509. The number of para-hydroxylation sites is 1. The summed E-state index contributed by atoms with van der Waals surface area (Å²) >= 11 is 0. The van der Waals surface area contributed by atoms with Crippen molar-refractivity contribution in [2.75, 3.05) is 0 Å². The number of hydrogen-bond acceptors (Lipinski definition) is 4. The van der Waals surface area contributed by atoms with Gasteiger partial charge in [0.25, 0.3) is 0 Å². The van der Waals surface area contributed by atoms with E-state index in [0.717, 1.165) is 22.0 Å². The lowest BCUT2D eigenvalue weighted by Crippen LogP contribution is -2.45. The lowest BCUT2D eigenvalue weighted by molar-refractivity contribution is -0.147. The third-order valence-electron chi connectivity index (χ3n) is 4.30. The van der Waals surface area contributed by atoms with Gasteiger partial charge in [-0.05, 0) is 38.0 Å². The largest absolute Gasteiger partial charge is 0.459 e. The standard InChI is InChI=1S/C23H26N2O4/c1-23(2,3)29-22(27)25-20(21(26)28-15-16-9-5-4-6-10-16)13-17-14-24-19-12-8-7-11-18(17)19/h4-12,14,20,24H,13,15H2,1-3H3,(H,25,27). The van der Waals surface area contributed by atoms with E-state index >= 15 is 0 Å². The van der Waals surface area contributed by atoms with Crippen LogP contribution in [0.25, 0.3) is 10.9 Å². The summed E-state index contributed by atoms with van der Waals surface area (Å²) < 4.78 is 10.8. The van der Waals surface area contributed by atoms with Crippen LogP contribution in [-0.2, 0) is 27.3 Å². The van der Waals surface area contributed by atoms with Gasteiger partial charge in [-0.15, -0.1) is 0 Å². The minimum absolute atomic E-state index is 0.139. The van der Waals surface area contributed by atoms with E-state index in [0.29, 0.717) is 0 Å².